The summed E-state index contributed by atoms with van der Waals surface area (Å²) >= 11 is 0.634. The molecule has 3 aromatic rings. The van der Waals surface area contributed by atoms with Gasteiger partial charge in [0, 0.05) is 17.1 Å². The van der Waals surface area contributed by atoms with Gasteiger partial charge in [-0.15, -0.1) is 0 Å². The molecule has 13 heteroatoms. The fourth-order valence-electron chi connectivity index (χ4n) is 4.18. The van der Waals surface area contributed by atoms with Crippen LogP contribution in [0.1, 0.15) is 32.9 Å². The van der Waals surface area contributed by atoms with E-state index in [-0.39, 0.29) is 21.9 Å². The fourth-order valence-corrected chi connectivity index (χ4v) is 5.01. The monoisotopic (exact) mass is 573 g/mol. The molecule has 1 fully saturated rings. The Morgan fingerprint density at radius 1 is 1.07 bits per heavy atom. The van der Waals surface area contributed by atoms with Crippen molar-refractivity contribution in [2.24, 2.45) is 0 Å². The minimum Gasteiger partial charge on any atom is -0.495 e. The van der Waals surface area contributed by atoms with Gasteiger partial charge in [-0.3, -0.25) is 19.3 Å². The van der Waals surface area contributed by atoms with Crippen molar-refractivity contribution in [1.82, 2.24) is 9.47 Å². The van der Waals surface area contributed by atoms with Crippen LogP contribution in [0.2, 0.25) is 0 Å². The molecule has 2 N–H and O–H groups in total. The molecule has 0 radical (unpaired) electrons. The Hall–Kier alpha value is -4.52. The molecule has 0 atom stereocenters. The molecular formula is C27H22F3N3O6S. The van der Waals surface area contributed by atoms with Crippen molar-refractivity contribution < 1.29 is 42.2 Å². The molecule has 2 heterocycles. The van der Waals surface area contributed by atoms with E-state index < -0.39 is 41.3 Å². The molecule has 0 spiro atoms. The minimum atomic E-state index is -4.65. The summed E-state index contributed by atoms with van der Waals surface area (Å²) in [6.07, 6.45) is -3.14. The second-order valence-electron chi connectivity index (χ2n) is 8.74. The van der Waals surface area contributed by atoms with Gasteiger partial charge in [0.1, 0.15) is 12.3 Å². The second-order valence-corrected chi connectivity index (χ2v) is 9.74. The third kappa shape index (κ3) is 5.73. The Bertz CT molecular complexity index is 1560. The van der Waals surface area contributed by atoms with E-state index in [1.807, 2.05) is 11.5 Å². The SMILES string of the molecule is COc1ccc(C(F)(F)F)cc1NC(=O)CN1C(=O)S/C(=C\c2cc(C)n(-c3ccc(C(=O)O)cc3)c2C)C1=O. The molecule has 9 nitrogen and oxygen atoms in total. The second kappa shape index (κ2) is 10.9. The van der Waals surface area contributed by atoms with Crippen molar-refractivity contribution in [3.8, 4) is 11.4 Å². The zero-order valence-corrected chi connectivity index (χ0v) is 22.1. The Morgan fingerprint density at radius 3 is 2.35 bits per heavy atom. The first-order chi connectivity index (χ1) is 18.8. The van der Waals surface area contributed by atoms with Gasteiger partial charge in [-0.25, -0.2) is 4.79 Å². The number of nitrogens with zero attached hydrogens (tertiary/aromatic N) is 2. The van der Waals surface area contributed by atoms with Crippen molar-refractivity contribution >= 4 is 46.5 Å². The van der Waals surface area contributed by atoms with Gasteiger partial charge in [0.25, 0.3) is 11.1 Å². The first-order valence-electron chi connectivity index (χ1n) is 11.6. The third-order valence-corrected chi connectivity index (χ3v) is 7.01. The summed E-state index contributed by atoms with van der Waals surface area (Å²) < 4.78 is 46.2. The zero-order valence-electron chi connectivity index (χ0n) is 21.3. The highest BCUT2D eigenvalue weighted by atomic mass is 32.2. The van der Waals surface area contributed by atoms with Crippen LogP contribution in [0.5, 0.6) is 5.75 Å². The molecule has 1 aliphatic heterocycles. The number of ether oxygens (including phenoxy) is 1. The number of rotatable bonds is 7. The summed E-state index contributed by atoms with van der Waals surface area (Å²) in [5, 5.41) is 10.7. The highest BCUT2D eigenvalue weighted by Crippen LogP contribution is 2.36. The Labute approximate surface area is 230 Å². The van der Waals surface area contributed by atoms with E-state index in [9.17, 15) is 32.3 Å². The smallest absolute Gasteiger partial charge is 0.416 e. The summed E-state index contributed by atoms with van der Waals surface area (Å²) in [6, 6.07) is 10.6. The lowest BCUT2D eigenvalue weighted by Gasteiger charge is -2.16. The maximum atomic E-state index is 13.1. The first-order valence-corrected chi connectivity index (χ1v) is 12.4. The number of thioether (sulfide) groups is 1. The predicted molar refractivity (Wildman–Crippen MR) is 142 cm³/mol. The van der Waals surface area contributed by atoms with Crippen molar-refractivity contribution in [2.45, 2.75) is 20.0 Å². The molecule has 40 heavy (non-hydrogen) atoms. The van der Waals surface area contributed by atoms with E-state index in [0.29, 0.717) is 34.0 Å². The summed E-state index contributed by atoms with van der Waals surface area (Å²) in [7, 11) is 1.22. The summed E-state index contributed by atoms with van der Waals surface area (Å²) in [4.78, 5) is 50.1. The molecule has 2 aromatic carbocycles. The van der Waals surface area contributed by atoms with Gasteiger partial charge in [0.2, 0.25) is 5.91 Å². The maximum Gasteiger partial charge on any atom is 0.416 e. The Morgan fingerprint density at radius 2 is 1.75 bits per heavy atom. The van der Waals surface area contributed by atoms with Crippen molar-refractivity contribution in [1.29, 1.82) is 0 Å². The summed E-state index contributed by atoms with van der Waals surface area (Å²) in [5.41, 5.74) is 1.72. The van der Waals surface area contributed by atoms with E-state index in [0.717, 1.165) is 23.5 Å². The van der Waals surface area contributed by atoms with Crippen LogP contribution < -0.4 is 10.1 Å². The Balaban J connectivity index is 1.53. The van der Waals surface area contributed by atoms with Crippen molar-refractivity contribution in [2.75, 3.05) is 19.0 Å². The molecule has 0 bridgehead atoms. The zero-order chi connectivity index (χ0) is 29.4. The van der Waals surface area contributed by atoms with Crippen LogP contribution in [0.3, 0.4) is 0 Å². The molecule has 0 unspecified atom stereocenters. The van der Waals surface area contributed by atoms with Crippen LogP contribution in [0.25, 0.3) is 11.8 Å². The van der Waals surface area contributed by atoms with E-state index in [4.69, 9.17) is 9.84 Å². The van der Waals surface area contributed by atoms with Gasteiger partial charge in [0.05, 0.1) is 28.8 Å². The van der Waals surface area contributed by atoms with Crippen molar-refractivity contribution in [3.05, 3.63) is 81.5 Å². The van der Waals surface area contributed by atoms with E-state index in [2.05, 4.69) is 5.32 Å². The largest absolute Gasteiger partial charge is 0.495 e. The van der Waals surface area contributed by atoms with Crippen LogP contribution in [-0.2, 0) is 15.8 Å². The summed E-state index contributed by atoms with van der Waals surface area (Å²) in [6.45, 7) is 2.91. The third-order valence-electron chi connectivity index (χ3n) is 6.11. The average molecular weight is 574 g/mol. The number of alkyl halides is 3. The number of aryl methyl sites for hydroxylation is 1. The van der Waals surface area contributed by atoms with Crippen LogP contribution in [0, 0.1) is 13.8 Å². The van der Waals surface area contributed by atoms with Gasteiger partial charge in [-0.2, -0.15) is 13.2 Å². The molecule has 1 aromatic heterocycles. The molecular weight excluding hydrogens is 551 g/mol. The van der Waals surface area contributed by atoms with Gasteiger partial charge in [-0.05, 0) is 85.8 Å². The number of carboxylic acid groups (broad SMARTS) is 1. The number of carboxylic acids is 1. The number of carbonyl (C=O) groups excluding carboxylic acids is 3. The van der Waals surface area contributed by atoms with Crippen LogP contribution in [0.4, 0.5) is 23.7 Å². The Kier molecular flexibility index (Phi) is 7.78. The number of nitrogens with one attached hydrogen (secondary N) is 1. The van der Waals surface area contributed by atoms with Crippen LogP contribution in [0.15, 0.2) is 53.4 Å². The van der Waals surface area contributed by atoms with Gasteiger partial charge in [-0.1, -0.05) is 0 Å². The molecule has 4 rings (SSSR count). The number of carbonyl (C=O) groups is 4. The number of hydrogen-bond donors (Lipinski definition) is 2. The number of imide groups is 1. The minimum absolute atomic E-state index is 0.0247. The number of amides is 3. The fraction of sp³-hybridized carbons (Fsp3) is 0.185. The van der Waals surface area contributed by atoms with E-state index in [1.54, 1.807) is 25.1 Å². The number of benzene rings is 2. The average Bonchev–Trinajstić information content (AvgIpc) is 3.32. The lowest BCUT2D eigenvalue weighted by molar-refractivity contribution is -0.137. The molecule has 1 aliphatic rings. The predicted octanol–water partition coefficient (Wildman–Crippen LogP) is 5.49. The van der Waals surface area contributed by atoms with E-state index in [1.165, 1.54) is 25.3 Å². The standard InChI is InChI=1S/C27H22F3N3O6S/c1-14-10-17(15(2)33(14)19-7-4-16(5-8-19)25(36)37)11-22-24(35)32(26(38)40-22)13-23(34)31-20-12-18(27(28,29)30)6-9-21(20)39-3/h4-12H,13H2,1-3H3,(H,31,34)(H,36,37)/b22-11-. The normalized spacial score (nSPS) is 14.7. The van der Waals surface area contributed by atoms with Crippen molar-refractivity contribution in [3.63, 3.8) is 0 Å². The molecule has 0 aliphatic carbocycles. The highest BCUT2D eigenvalue weighted by Gasteiger charge is 2.37. The quantitative estimate of drug-likeness (QED) is 0.359. The number of aromatic nitrogens is 1. The number of aromatic carboxylic acids is 1. The number of hydrogen-bond acceptors (Lipinski definition) is 6. The lowest BCUT2D eigenvalue weighted by atomic mass is 10.1. The summed E-state index contributed by atoms with van der Waals surface area (Å²) in [5.74, 6) is -2.68. The number of methoxy groups -OCH3 is 1. The lowest BCUT2D eigenvalue weighted by Crippen LogP contribution is -2.36. The van der Waals surface area contributed by atoms with Crippen LogP contribution in [-0.4, -0.2) is 51.3 Å². The van der Waals surface area contributed by atoms with Gasteiger partial charge in [0.15, 0.2) is 0 Å². The number of anilines is 1. The molecule has 3 amide bonds. The number of halogens is 3. The molecule has 0 saturated carbocycles. The van der Waals surface area contributed by atoms with Gasteiger partial charge >= 0.3 is 12.1 Å². The molecule has 1 saturated heterocycles. The topological polar surface area (TPSA) is 118 Å². The molecule has 208 valence electrons. The van der Waals surface area contributed by atoms with Crippen LogP contribution >= 0.6 is 11.8 Å². The maximum absolute atomic E-state index is 13.1. The first kappa shape index (κ1) is 28.5. The van der Waals surface area contributed by atoms with Gasteiger partial charge < -0.3 is 19.7 Å². The highest BCUT2D eigenvalue weighted by molar-refractivity contribution is 8.18. The van der Waals surface area contributed by atoms with E-state index >= 15 is 0 Å².